The van der Waals surface area contributed by atoms with Gasteiger partial charge in [0.25, 0.3) is 0 Å². The van der Waals surface area contributed by atoms with Crippen molar-refractivity contribution in [3.05, 3.63) is 29.8 Å². The molecule has 0 atom stereocenters. The first-order chi connectivity index (χ1) is 8.84. The normalized spacial score (nSPS) is 11.7. The number of hydrogen-bond donors (Lipinski definition) is 1. The first kappa shape index (κ1) is 15.6. The monoisotopic (exact) mass is 287 g/mol. The van der Waals surface area contributed by atoms with Crippen molar-refractivity contribution in [3.8, 4) is 0 Å². The molecule has 106 valence electrons. The van der Waals surface area contributed by atoms with E-state index in [1.54, 1.807) is 12.1 Å². The summed E-state index contributed by atoms with van der Waals surface area (Å²) in [7, 11) is -2.12. The van der Waals surface area contributed by atoms with Gasteiger partial charge in [0, 0.05) is 13.6 Å². The van der Waals surface area contributed by atoms with E-state index in [9.17, 15) is 13.2 Å². The molecule has 0 unspecified atom stereocenters. The minimum atomic E-state index is -3.56. The van der Waals surface area contributed by atoms with Crippen LogP contribution < -0.4 is 0 Å². The number of aryl methyl sites for hydroxylation is 1. The fraction of sp³-hybridized carbons (Fsp3) is 0.417. The molecule has 0 aliphatic carbocycles. The first-order valence-corrected chi connectivity index (χ1v) is 7.10. The summed E-state index contributed by atoms with van der Waals surface area (Å²) in [5.41, 5.74) is 0.858. The molecule has 6 nitrogen and oxygen atoms in total. The predicted octanol–water partition coefficient (Wildman–Crippen LogP) is 0.717. The number of rotatable bonds is 7. The zero-order chi connectivity index (χ0) is 14.5. The average Bonchev–Trinajstić information content (AvgIpc) is 2.34. The minimum absolute atomic E-state index is 0.0356. The summed E-state index contributed by atoms with van der Waals surface area (Å²) in [6.45, 7) is 1.52. The Morgan fingerprint density at radius 3 is 2.68 bits per heavy atom. The standard InChI is InChI=1S/C12H17NO5S/c1-10-4-3-5-11(8-10)19(16,17)13(2)6-7-18-9-12(14)15/h3-5,8H,6-7,9H2,1-2H3,(H,14,15). The number of ether oxygens (including phenoxy) is 1. The van der Waals surface area contributed by atoms with E-state index >= 15 is 0 Å². The molecule has 0 bridgehead atoms. The van der Waals surface area contributed by atoms with Crippen LogP contribution in [0.25, 0.3) is 0 Å². The summed E-state index contributed by atoms with van der Waals surface area (Å²) < 4.78 is 30.3. The molecule has 0 aliphatic rings. The molecule has 0 amide bonds. The summed E-state index contributed by atoms with van der Waals surface area (Å²) in [5, 5.41) is 8.39. The van der Waals surface area contributed by atoms with Crippen molar-refractivity contribution in [1.82, 2.24) is 4.31 Å². The molecular weight excluding hydrogens is 270 g/mol. The summed E-state index contributed by atoms with van der Waals surface area (Å²) in [6, 6.07) is 6.60. The predicted molar refractivity (Wildman–Crippen MR) is 69.4 cm³/mol. The number of benzene rings is 1. The van der Waals surface area contributed by atoms with E-state index in [-0.39, 0.29) is 18.0 Å². The minimum Gasteiger partial charge on any atom is -0.480 e. The van der Waals surface area contributed by atoms with Crippen molar-refractivity contribution in [2.45, 2.75) is 11.8 Å². The Bertz CT molecular complexity index is 541. The smallest absolute Gasteiger partial charge is 0.329 e. The highest BCUT2D eigenvalue weighted by molar-refractivity contribution is 7.89. The Morgan fingerprint density at radius 2 is 2.11 bits per heavy atom. The Hall–Kier alpha value is -1.44. The largest absolute Gasteiger partial charge is 0.480 e. The molecule has 1 aromatic carbocycles. The van der Waals surface area contributed by atoms with Crippen LogP contribution in [0.2, 0.25) is 0 Å². The van der Waals surface area contributed by atoms with E-state index in [4.69, 9.17) is 9.84 Å². The Labute approximate surface area is 112 Å². The lowest BCUT2D eigenvalue weighted by Gasteiger charge is -2.17. The van der Waals surface area contributed by atoms with Crippen molar-refractivity contribution in [3.63, 3.8) is 0 Å². The molecule has 0 saturated heterocycles. The Morgan fingerprint density at radius 1 is 1.42 bits per heavy atom. The van der Waals surface area contributed by atoms with E-state index in [0.29, 0.717) is 0 Å². The van der Waals surface area contributed by atoms with Crippen LogP contribution in [0.1, 0.15) is 5.56 Å². The number of aliphatic carboxylic acids is 1. The summed E-state index contributed by atoms with van der Waals surface area (Å²) in [6.07, 6.45) is 0. The van der Waals surface area contributed by atoms with Crippen molar-refractivity contribution < 1.29 is 23.1 Å². The lowest BCUT2D eigenvalue weighted by molar-refractivity contribution is -0.142. The van der Waals surface area contributed by atoms with Gasteiger partial charge in [-0.05, 0) is 24.6 Å². The fourth-order valence-corrected chi connectivity index (χ4v) is 2.69. The third kappa shape index (κ3) is 4.62. The van der Waals surface area contributed by atoms with Crippen LogP contribution in [0, 0.1) is 6.92 Å². The van der Waals surface area contributed by atoms with Gasteiger partial charge < -0.3 is 9.84 Å². The number of carbonyl (C=O) groups is 1. The lowest BCUT2D eigenvalue weighted by Crippen LogP contribution is -2.30. The van der Waals surface area contributed by atoms with E-state index in [0.717, 1.165) is 9.87 Å². The second-order valence-corrected chi connectivity index (χ2v) is 6.13. The molecule has 0 fully saturated rings. The van der Waals surface area contributed by atoms with Crippen molar-refractivity contribution in [2.75, 3.05) is 26.8 Å². The number of likely N-dealkylation sites (N-methyl/N-ethyl adjacent to an activating group) is 1. The highest BCUT2D eigenvalue weighted by Crippen LogP contribution is 2.15. The molecule has 19 heavy (non-hydrogen) atoms. The van der Waals surface area contributed by atoms with Gasteiger partial charge >= 0.3 is 5.97 Å². The topological polar surface area (TPSA) is 83.9 Å². The molecule has 0 saturated carbocycles. The van der Waals surface area contributed by atoms with Crippen LogP contribution in [0.15, 0.2) is 29.2 Å². The summed E-state index contributed by atoms with van der Waals surface area (Å²) in [5.74, 6) is -1.08. The fourth-order valence-electron chi connectivity index (χ4n) is 1.43. The maximum Gasteiger partial charge on any atom is 0.329 e. The van der Waals surface area contributed by atoms with Crippen LogP contribution in [-0.4, -0.2) is 50.6 Å². The zero-order valence-electron chi connectivity index (χ0n) is 10.9. The number of nitrogens with zero attached hydrogens (tertiary/aromatic N) is 1. The van der Waals surface area contributed by atoms with E-state index in [1.165, 1.54) is 13.1 Å². The van der Waals surface area contributed by atoms with Crippen LogP contribution in [0.5, 0.6) is 0 Å². The quantitative estimate of drug-likeness (QED) is 0.747. The van der Waals surface area contributed by atoms with Crippen molar-refractivity contribution in [1.29, 1.82) is 0 Å². The van der Waals surface area contributed by atoms with Gasteiger partial charge in [-0.25, -0.2) is 13.2 Å². The molecule has 1 aromatic rings. The Kier molecular flexibility index (Phi) is 5.46. The van der Waals surface area contributed by atoms with E-state index < -0.39 is 22.6 Å². The molecule has 0 spiro atoms. The Balaban J connectivity index is 2.64. The first-order valence-electron chi connectivity index (χ1n) is 5.66. The van der Waals surface area contributed by atoms with Gasteiger partial charge in [-0.1, -0.05) is 12.1 Å². The number of sulfonamides is 1. The van der Waals surface area contributed by atoms with Gasteiger partial charge in [-0.15, -0.1) is 0 Å². The van der Waals surface area contributed by atoms with Gasteiger partial charge in [0.1, 0.15) is 6.61 Å². The van der Waals surface area contributed by atoms with E-state index in [1.807, 2.05) is 13.0 Å². The SMILES string of the molecule is Cc1cccc(S(=O)(=O)N(C)CCOCC(=O)O)c1. The average molecular weight is 287 g/mol. The van der Waals surface area contributed by atoms with Gasteiger partial charge in [-0.2, -0.15) is 4.31 Å². The zero-order valence-corrected chi connectivity index (χ0v) is 11.7. The maximum atomic E-state index is 12.2. The van der Waals surface area contributed by atoms with Gasteiger partial charge in [0.05, 0.1) is 11.5 Å². The van der Waals surface area contributed by atoms with Crippen molar-refractivity contribution >= 4 is 16.0 Å². The molecular formula is C12H17NO5S. The highest BCUT2D eigenvalue weighted by Gasteiger charge is 2.20. The number of carboxylic acids is 1. The molecule has 0 heterocycles. The third-order valence-corrected chi connectivity index (χ3v) is 4.33. The molecule has 0 radical (unpaired) electrons. The highest BCUT2D eigenvalue weighted by atomic mass is 32.2. The molecule has 0 aromatic heterocycles. The van der Waals surface area contributed by atoms with E-state index in [2.05, 4.69) is 0 Å². The van der Waals surface area contributed by atoms with Crippen LogP contribution in [0.3, 0.4) is 0 Å². The summed E-state index contributed by atoms with van der Waals surface area (Å²) in [4.78, 5) is 10.5. The van der Waals surface area contributed by atoms with Gasteiger partial charge in [0.2, 0.25) is 10.0 Å². The molecule has 0 aliphatic heterocycles. The second kappa shape index (κ2) is 6.65. The number of carboxylic acid groups (broad SMARTS) is 1. The van der Waals surface area contributed by atoms with Crippen LogP contribution >= 0.6 is 0 Å². The summed E-state index contributed by atoms with van der Waals surface area (Å²) >= 11 is 0. The van der Waals surface area contributed by atoms with Crippen molar-refractivity contribution in [2.24, 2.45) is 0 Å². The van der Waals surface area contributed by atoms with Gasteiger partial charge in [-0.3, -0.25) is 0 Å². The van der Waals surface area contributed by atoms with Gasteiger partial charge in [0.15, 0.2) is 0 Å². The number of hydrogen-bond acceptors (Lipinski definition) is 4. The lowest BCUT2D eigenvalue weighted by atomic mass is 10.2. The molecule has 7 heteroatoms. The molecule has 1 rings (SSSR count). The third-order valence-electron chi connectivity index (χ3n) is 2.47. The molecule has 1 N–H and O–H groups in total. The van der Waals surface area contributed by atoms with Crippen LogP contribution in [-0.2, 0) is 19.6 Å². The maximum absolute atomic E-state index is 12.2. The second-order valence-electron chi connectivity index (χ2n) is 4.09. The van der Waals surface area contributed by atoms with Crippen LogP contribution in [0.4, 0.5) is 0 Å².